The normalized spacial score (nSPS) is 23.8. The molecular formula is C17H27NOS2. The van der Waals surface area contributed by atoms with E-state index in [1.807, 2.05) is 6.07 Å². The van der Waals surface area contributed by atoms with Crippen LogP contribution < -0.4 is 10.1 Å². The van der Waals surface area contributed by atoms with Crippen LogP contribution in [0.15, 0.2) is 24.3 Å². The van der Waals surface area contributed by atoms with Crippen molar-refractivity contribution in [2.24, 2.45) is 0 Å². The van der Waals surface area contributed by atoms with Gasteiger partial charge in [-0.1, -0.05) is 32.0 Å². The topological polar surface area (TPSA) is 21.3 Å². The van der Waals surface area contributed by atoms with Crippen molar-refractivity contribution in [3.05, 3.63) is 29.8 Å². The van der Waals surface area contributed by atoms with Crippen LogP contribution >= 0.6 is 23.5 Å². The highest BCUT2D eigenvalue weighted by molar-refractivity contribution is 8.07. The Bertz CT molecular complexity index is 427. The van der Waals surface area contributed by atoms with E-state index in [1.54, 1.807) is 7.11 Å². The van der Waals surface area contributed by atoms with Crippen LogP contribution in [0, 0.1) is 0 Å². The number of nitrogens with one attached hydrogen (secondary N) is 1. The Morgan fingerprint density at radius 1 is 1.29 bits per heavy atom. The highest BCUT2D eigenvalue weighted by atomic mass is 32.2. The number of hydrogen-bond donors (Lipinski definition) is 1. The molecule has 2 nitrogen and oxygen atoms in total. The molecule has 1 aromatic carbocycles. The number of ether oxygens (including phenoxy) is 1. The average Bonchev–Trinajstić information content (AvgIpc) is 2.52. The summed E-state index contributed by atoms with van der Waals surface area (Å²) in [7, 11) is 1.77. The molecule has 0 saturated carbocycles. The zero-order valence-electron chi connectivity index (χ0n) is 13.3. The van der Waals surface area contributed by atoms with Gasteiger partial charge in [0, 0.05) is 28.0 Å². The molecule has 21 heavy (non-hydrogen) atoms. The number of rotatable bonds is 7. The van der Waals surface area contributed by atoms with Crippen LogP contribution in [0.1, 0.15) is 25.8 Å². The molecule has 3 unspecified atom stereocenters. The van der Waals surface area contributed by atoms with Crippen molar-refractivity contribution in [3.8, 4) is 5.75 Å². The molecule has 4 heteroatoms. The second kappa shape index (κ2) is 8.96. The third-order valence-electron chi connectivity index (χ3n) is 3.92. The lowest BCUT2D eigenvalue weighted by molar-refractivity contribution is 0.403. The van der Waals surface area contributed by atoms with E-state index < -0.39 is 0 Å². The van der Waals surface area contributed by atoms with Crippen molar-refractivity contribution in [3.63, 3.8) is 0 Å². The fraction of sp³-hybridized carbons (Fsp3) is 0.647. The molecule has 0 spiro atoms. The standard InChI is InChI=1S/C17H27NOS2/c1-4-9-18-15(17-13(2)20-10-11-21-17)12-14-7-5-6-8-16(14)19-3/h5-8,13,15,17-18H,4,9-12H2,1-3H3. The summed E-state index contributed by atoms with van der Waals surface area (Å²) in [5.74, 6) is 3.58. The summed E-state index contributed by atoms with van der Waals surface area (Å²) in [6.45, 7) is 5.71. The van der Waals surface area contributed by atoms with Crippen LogP contribution in [-0.4, -0.2) is 41.7 Å². The molecule has 1 fully saturated rings. The molecular weight excluding hydrogens is 298 g/mol. The first kappa shape index (κ1) is 17.0. The Balaban J connectivity index is 2.11. The van der Waals surface area contributed by atoms with Crippen LogP contribution in [0.4, 0.5) is 0 Å². The van der Waals surface area contributed by atoms with E-state index >= 15 is 0 Å². The molecule has 1 aliphatic rings. The van der Waals surface area contributed by atoms with Gasteiger partial charge in [0.2, 0.25) is 0 Å². The van der Waals surface area contributed by atoms with Gasteiger partial charge >= 0.3 is 0 Å². The third-order valence-corrected chi connectivity index (χ3v) is 7.17. The predicted octanol–water partition coefficient (Wildman–Crippen LogP) is 3.84. The molecule has 2 rings (SSSR count). The van der Waals surface area contributed by atoms with Crippen LogP contribution in [0.3, 0.4) is 0 Å². The first-order valence-electron chi connectivity index (χ1n) is 7.84. The SMILES string of the molecule is CCCNC(Cc1ccccc1OC)C1SCCSC1C. The van der Waals surface area contributed by atoms with E-state index in [0.717, 1.165) is 18.7 Å². The molecule has 0 aromatic heterocycles. The van der Waals surface area contributed by atoms with E-state index in [2.05, 4.69) is 60.9 Å². The first-order chi connectivity index (χ1) is 10.3. The van der Waals surface area contributed by atoms with Gasteiger partial charge in [0.1, 0.15) is 5.75 Å². The summed E-state index contributed by atoms with van der Waals surface area (Å²) >= 11 is 4.25. The zero-order chi connectivity index (χ0) is 15.1. The number of benzene rings is 1. The lowest BCUT2D eigenvalue weighted by Crippen LogP contribution is -2.46. The molecule has 1 N–H and O–H groups in total. The van der Waals surface area contributed by atoms with Gasteiger partial charge in [-0.25, -0.2) is 0 Å². The minimum atomic E-state index is 0.522. The maximum absolute atomic E-state index is 5.53. The Morgan fingerprint density at radius 3 is 2.76 bits per heavy atom. The van der Waals surface area contributed by atoms with Crippen LogP contribution in [0.2, 0.25) is 0 Å². The maximum atomic E-state index is 5.53. The van der Waals surface area contributed by atoms with Gasteiger partial charge < -0.3 is 10.1 Å². The van der Waals surface area contributed by atoms with E-state index in [-0.39, 0.29) is 0 Å². The average molecular weight is 326 g/mol. The van der Waals surface area contributed by atoms with Gasteiger partial charge in [-0.3, -0.25) is 0 Å². The molecule has 1 saturated heterocycles. The second-order valence-corrected chi connectivity index (χ2v) is 8.26. The van der Waals surface area contributed by atoms with Gasteiger partial charge in [-0.2, -0.15) is 23.5 Å². The van der Waals surface area contributed by atoms with Gasteiger partial charge in [0.25, 0.3) is 0 Å². The van der Waals surface area contributed by atoms with E-state index in [4.69, 9.17) is 4.74 Å². The van der Waals surface area contributed by atoms with Crippen molar-refractivity contribution < 1.29 is 4.74 Å². The Morgan fingerprint density at radius 2 is 2.05 bits per heavy atom. The molecule has 1 aliphatic heterocycles. The predicted molar refractivity (Wildman–Crippen MR) is 96.9 cm³/mol. The minimum Gasteiger partial charge on any atom is -0.496 e. The lowest BCUT2D eigenvalue weighted by atomic mass is 10.0. The number of hydrogen-bond acceptors (Lipinski definition) is 4. The molecule has 118 valence electrons. The molecule has 0 radical (unpaired) electrons. The molecule has 1 heterocycles. The lowest BCUT2D eigenvalue weighted by Gasteiger charge is -2.35. The van der Waals surface area contributed by atoms with E-state index in [1.165, 1.54) is 23.5 Å². The van der Waals surface area contributed by atoms with E-state index in [0.29, 0.717) is 16.5 Å². The summed E-state index contributed by atoms with van der Waals surface area (Å²) in [5, 5.41) is 5.18. The monoisotopic (exact) mass is 325 g/mol. The smallest absolute Gasteiger partial charge is 0.122 e. The highest BCUT2D eigenvalue weighted by Gasteiger charge is 2.30. The summed E-state index contributed by atoms with van der Waals surface area (Å²) < 4.78 is 5.53. The largest absolute Gasteiger partial charge is 0.496 e. The third kappa shape index (κ3) is 4.83. The summed E-state index contributed by atoms with van der Waals surface area (Å²) in [5.41, 5.74) is 1.32. The van der Waals surface area contributed by atoms with Crippen molar-refractivity contribution in [2.75, 3.05) is 25.2 Å². The number of thioether (sulfide) groups is 2. The molecule has 0 amide bonds. The Kier molecular flexibility index (Phi) is 7.27. The van der Waals surface area contributed by atoms with Crippen molar-refractivity contribution in [2.45, 2.75) is 43.2 Å². The van der Waals surface area contributed by atoms with Gasteiger partial charge in [-0.05, 0) is 31.0 Å². The quantitative estimate of drug-likeness (QED) is 0.822. The minimum absolute atomic E-state index is 0.522. The van der Waals surface area contributed by atoms with Gasteiger partial charge in [-0.15, -0.1) is 0 Å². The van der Waals surface area contributed by atoms with Crippen molar-refractivity contribution >= 4 is 23.5 Å². The fourth-order valence-corrected chi connectivity index (χ4v) is 5.79. The summed E-state index contributed by atoms with van der Waals surface area (Å²) in [4.78, 5) is 0. The Labute approximate surface area is 137 Å². The van der Waals surface area contributed by atoms with Crippen molar-refractivity contribution in [1.29, 1.82) is 0 Å². The van der Waals surface area contributed by atoms with Crippen molar-refractivity contribution in [1.82, 2.24) is 5.32 Å². The van der Waals surface area contributed by atoms with E-state index in [9.17, 15) is 0 Å². The van der Waals surface area contributed by atoms with Crippen LogP contribution in [0.25, 0.3) is 0 Å². The second-order valence-electron chi connectivity index (χ2n) is 5.49. The van der Waals surface area contributed by atoms with Crippen LogP contribution in [0.5, 0.6) is 5.75 Å². The molecule has 0 aliphatic carbocycles. The summed E-state index contributed by atoms with van der Waals surface area (Å²) in [6, 6.07) is 8.95. The number of para-hydroxylation sites is 1. The zero-order valence-corrected chi connectivity index (χ0v) is 14.9. The maximum Gasteiger partial charge on any atom is 0.122 e. The highest BCUT2D eigenvalue weighted by Crippen LogP contribution is 2.34. The van der Waals surface area contributed by atoms with Gasteiger partial charge in [0.15, 0.2) is 0 Å². The molecule has 0 bridgehead atoms. The fourth-order valence-electron chi connectivity index (χ4n) is 2.83. The Hall–Kier alpha value is -0.320. The summed E-state index contributed by atoms with van der Waals surface area (Å²) in [6.07, 6.45) is 2.23. The molecule has 3 atom stereocenters. The molecule has 1 aromatic rings. The van der Waals surface area contributed by atoms with Gasteiger partial charge in [0.05, 0.1) is 7.11 Å². The first-order valence-corrected chi connectivity index (χ1v) is 9.94. The number of methoxy groups -OCH3 is 1. The van der Waals surface area contributed by atoms with Crippen LogP contribution in [-0.2, 0) is 6.42 Å².